The van der Waals surface area contributed by atoms with Gasteiger partial charge in [-0.25, -0.2) is 4.39 Å². The highest BCUT2D eigenvalue weighted by molar-refractivity contribution is 5.97. The Kier molecular flexibility index (Phi) is 3.54. The molecule has 0 fully saturated rings. The van der Waals surface area contributed by atoms with Crippen LogP contribution >= 0.6 is 0 Å². The third-order valence-electron chi connectivity index (χ3n) is 4.12. The Balaban J connectivity index is 2.02. The van der Waals surface area contributed by atoms with Crippen molar-refractivity contribution < 1.29 is 4.39 Å². The number of halogens is 1. The molecule has 0 aliphatic heterocycles. The van der Waals surface area contributed by atoms with Crippen LogP contribution in [0.1, 0.15) is 5.56 Å². The van der Waals surface area contributed by atoms with E-state index in [0.717, 1.165) is 27.6 Å². The van der Waals surface area contributed by atoms with Crippen LogP contribution in [0.15, 0.2) is 73.1 Å². The van der Waals surface area contributed by atoms with Crippen LogP contribution in [0.2, 0.25) is 0 Å². The molecule has 0 atom stereocenters. The van der Waals surface area contributed by atoms with E-state index in [-0.39, 0.29) is 5.82 Å². The van der Waals surface area contributed by atoms with Crippen molar-refractivity contribution in [3.05, 3.63) is 84.4 Å². The van der Waals surface area contributed by atoms with Crippen LogP contribution in [0.25, 0.3) is 33.3 Å². The molecule has 2 aromatic carbocycles. The fraction of sp³-hybridized carbons (Fsp3) is 0.0476. The monoisotopic (exact) mass is 314 g/mol. The van der Waals surface area contributed by atoms with Gasteiger partial charge in [-0.1, -0.05) is 35.9 Å². The first-order valence-corrected chi connectivity index (χ1v) is 7.80. The lowest BCUT2D eigenvalue weighted by Crippen LogP contribution is -1.94. The van der Waals surface area contributed by atoms with E-state index in [4.69, 9.17) is 0 Å². The van der Waals surface area contributed by atoms with Crippen molar-refractivity contribution >= 4 is 10.9 Å². The van der Waals surface area contributed by atoms with E-state index in [1.54, 1.807) is 18.5 Å². The number of rotatable bonds is 2. The van der Waals surface area contributed by atoms with Gasteiger partial charge in [0.25, 0.3) is 0 Å². The van der Waals surface area contributed by atoms with Gasteiger partial charge in [-0.05, 0) is 42.8 Å². The molecule has 2 aromatic heterocycles. The molecule has 4 rings (SSSR count). The highest BCUT2D eigenvalue weighted by atomic mass is 19.1. The van der Waals surface area contributed by atoms with Crippen LogP contribution < -0.4 is 0 Å². The number of pyridine rings is 2. The second-order valence-electron chi connectivity index (χ2n) is 5.76. The predicted octanol–water partition coefficient (Wildman–Crippen LogP) is 5.41. The number of hydrogen-bond donors (Lipinski definition) is 0. The van der Waals surface area contributed by atoms with Crippen molar-refractivity contribution in [2.45, 2.75) is 6.92 Å². The van der Waals surface area contributed by atoms with Gasteiger partial charge in [-0.2, -0.15) is 0 Å². The molecule has 0 spiro atoms. The molecule has 0 aliphatic rings. The smallest absolute Gasteiger partial charge is 0.132 e. The molecular weight excluding hydrogens is 299 g/mol. The number of aromatic nitrogens is 2. The summed E-state index contributed by atoms with van der Waals surface area (Å²) in [6.07, 6.45) is 3.48. The van der Waals surface area contributed by atoms with Crippen LogP contribution in [0.5, 0.6) is 0 Å². The summed E-state index contributed by atoms with van der Waals surface area (Å²) in [5, 5.41) is 1.03. The number of fused-ring (bicyclic) bond motifs is 1. The molecule has 0 saturated heterocycles. The minimum absolute atomic E-state index is 0.265. The summed E-state index contributed by atoms with van der Waals surface area (Å²) in [4.78, 5) is 8.88. The molecule has 0 saturated carbocycles. The Morgan fingerprint density at radius 1 is 0.750 bits per heavy atom. The largest absolute Gasteiger partial charge is 0.256 e. The van der Waals surface area contributed by atoms with Gasteiger partial charge in [0.15, 0.2) is 0 Å². The molecule has 0 aliphatic carbocycles. The van der Waals surface area contributed by atoms with Crippen molar-refractivity contribution in [3.63, 3.8) is 0 Å². The van der Waals surface area contributed by atoms with Gasteiger partial charge in [0.2, 0.25) is 0 Å². The van der Waals surface area contributed by atoms with Gasteiger partial charge >= 0.3 is 0 Å². The number of benzene rings is 2. The lowest BCUT2D eigenvalue weighted by atomic mass is 9.96. The van der Waals surface area contributed by atoms with Crippen LogP contribution in [-0.2, 0) is 0 Å². The topological polar surface area (TPSA) is 25.8 Å². The standard InChI is InChI=1S/C21H15FN2/c1-14-8-9-19(22)18(13-14)21-17(6-4-11-24-21)15-10-12-23-20-7-3-2-5-16(15)20/h2-13H,1H3. The van der Waals surface area contributed by atoms with E-state index >= 15 is 0 Å². The summed E-state index contributed by atoms with van der Waals surface area (Å²) in [5.74, 6) is -0.265. The van der Waals surface area contributed by atoms with Crippen LogP contribution in [-0.4, -0.2) is 9.97 Å². The summed E-state index contributed by atoms with van der Waals surface area (Å²) >= 11 is 0. The van der Waals surface area contributed by atoms with E-state index in [0.29, 0.717) is 11.3 Å². The van der Waals surface area contributed by atoms with Gasteiger partial charge in [-0.3, -0.25) is 9.97 Å². The normalized spacial score (nSPS) is 10.9. The van der Waals surface area contributed by atoms with Crippen molar-refractivity contribution in [1.29, 1.82) is 0 Å². The number of aryl methyl sites for hydroxylation is 1. The maximum absolute atomic E-state index is 14.4. The molecule has 0 bridgehead atoms. The van der Waals surface area contributed by atoms with Gasteiger partial charge < -0.3 is 0 Å². The highest BCUT2D eigenvalue weighted by Crippen LogP contribution is 2.35. The molecule has 116 valence electrons. The zero-order valence-corrected chi connectivity index (χ0v) is 13.2. The second kappa shape index (κ2) is 5.85. The fourth-order valence-corrected chi connectivity index (χ4v) is 2.99. The van der Waals surface area contributed by atoms with Crippen LogP contribution in [0.4, 0.5) is 4.39 Å². The highest BCUT2D eigenvalue weighted by Gasteiger charge is 2.14. The van der Waals surface area contributed by atoms with Crippen LogP contribution in [0.3, 0.4) is 0 Å². The van der Waals surface area contributed by atoms with Gasteiger partial charge in [-0.15, -0.1) is 0 Å². The SMILES string of the molecule is Cc1ccc(F)c(-c2ncccc2-c2ccnc3ccccc23)c1. The molecule has 4 aromatic rings. The lowest BCUT2D eigenvalue weighted by molar-refractivity contribution is 0.630. The summed E-state index contributed by atoms with van der Waals surface area (Å²) in [5.41, 5.74) is 4.99. The average molecular weight is 314 g/mol. The van der Waals surface area contributed by atoms with E-state index in [1.165, 1.54) is 6.07 Å². The summed E-state index contributed by atoms with van der Waals surface area (Å²) in [6.45, 7) is 1.95. The Bertz CT molecular complexity index is 1040. The summed E-state index contributed by atoms with van der Waals surface area (Å²) < 4.78 is 14.4. The first kappa shape index (κ1) is 14.5. The van der Waals surface area contributed by atoms with Gasteiger partial charge in [0.1, 0.15) is 5.82 Å². The van der Waals surface area contributed by atoms with Crippen molar-refractivity contribution in [1.82, 2.24) is 9.97 Å². The van der Waals surface area contributed by atoms with E-state index in [2.05, 4.69) is 9.97 Å². The van der Waals surface area contributed by atoms with E-state index in [1.807, 2.05) is 55.5 Å². The minimum atomic E-state index is -0.265. The molecule has 2 heterocycles. The molecule has 2 nitrogen and oxygen atoms in total. The third kappa shape index (κ3) is 2.44. The maximum Gasteiger partial charge on any atom is 0.132 e. The zero-order valence-electron chi connectivity index (χ0n) is 13.2. The number of hydrogen-bond acceptors (Lipinski definition) is 2. The lowest BCUT2D eigenvalue weighted by Gasteiger charge is -2.12. The molecule has 0 radical (unpaired) electrons. The predicted molar refractivity (Wildman–Crippen MR) is 95.1 cm³/mol. The quantitative estimate of drug-likeness (QED) is 0.494. The molecule has 0 unspecified atom stereocenters. The molecule has 0 amide bonds. The number of nitrogens with zero attached hydrogens (tertiary/aromatic N) is 2. The fourth-order valence-electron chi connectivity index (χ4n) is 2.99. The Morgan fingerprint density at radius 2 is 1.62 bits per heavy atom. The Hall–Kier alpha value is -3.07. The Labute approximate surface area is 139 Å². The first-order valence-electron chi connectivity index (χ1n) is 7.80. The molecule has 24 heavy (non-hydrogen) atoms. The zero-order chi connectivity index (χ0) is 16.5. The van der Waals surface area contributed by atoms with Gasteiger partial charge in [0, 0.05) is 28.9 Å². The van der Waals surface area contributed by atoms with E-state index in [9.17, 15) is 4.39 Å². The maximum atomic E-state index is 14.4. The summed E-state index contributed by atoms with van der Waals surface area (Å²) in [7, 11) is 0. The van der Waals surface area contributed by atoms with Crippen molar-refractivity contribution in [3.8, 4) is 22.4 Å². The van der Waals surface area contributed by atoms with Gasteiger partial charge in [0.05, 0.1) is 11.2 Å². The van der Waals surface area contributed by atoms with Crippen molar-refractivity contribution in [2.75, 3.05) is 0 Å². The van der Waals surface area contributed by atoms with Crippen LogP contribution in [0, 0.1) is 12.7 Å². The second-order valence-corrected chi connectivity index (χ2v) is 5.76. The number of para-hydroxylation sites is 1. The Morgan fingerprint density at radius 3 is 2.54 bits per heavy atom. The summed E-state index contributed by atoms with van der Waals surface area (Å²) in [6, 6.07) is 18.9. The average Bonchev–Trinajstić information content (AvgIpc) is 2.63. The molecule has 0 N–H and O–H groups in total. The molecule has 3 heteroatoms. The minimum Gasteiger partial charge on any atom is -0.256 e. The third-order valence-corrected chi connectivity index (χ3v) is 4.12. The first-order chi connectivity index (χ1) is 11.7. The van der Waals surface area contributed by atoms with E-state index < -0.39 is 0 Å². The van der Waals surface area contributed by atoms with Crippen molar-refractivity contribution in [2.24, 2.45) is 0 Å². The molecular formula is C21H15FN2.